The Bertz CT molecular complexity index is 1760. The van der Waals surface area contributed by atoms with E-state index >= 15 is 0 Å². The number of benzene rings is 3. The number of fused-ring (bicyclic) bond motifs is 4. The highest BCUT2D eigenvalue weighted by molar-refractivity contribution is 6.58. The highest BCUT2D eigenvalue weighted by Crippen LogP contribution is 2.66. The number of rotatable bonds is 3. The maximum Gasteiger partial charge on any atom is 0.258 e. The minimum absolute atomic E-state index is 0.0812. The Kier molecular flexibility index (Phi) is 6.30. The fraction of sp³-hybridized carbons (Fsp3) is 0.250. The summed E-state index contributed by atoms with van der Waals surface area (Å²) in [6.07, 6.45) is 1.75. The van der Waals surface area contributed by atoms with E-state index in [-0.39, 0.29) is 35.7 Å². The van der Waals surface area contributed by atoms with E-state index in [9.17, 15) is 28.7 Å². The minimum atomic E-state index is -2.12. The van der Waals surface area contributed by atoms with Crippen LogP contribution < -0.4 is 9.80 Å². The Labute approximate surface area is 260 Å². The summed E-state index contributed by atoms with van der Waals surface area (Å²) in [5.74, 6) is -6.74. The fourth-order valence-electron chi connectivity index (χ4n) is 7.32. The van der Waals surface area contributed by atoms with E-state index < -0.39 is 57.0 Å². The predicted molar refractivity (Wildman–Crippen MR) is 159 cm³/mol. The van der Waals surface area contributed by atoms with Crippen molar-refractivity contribution in [3.63, 3.8) is 0 Å². The van der Waals surface area contributed by atoms with Crippen LogP contribution in [0.15, 0.2) is 84.4 Å². The van der Waals surface area contributed by atoms with E-state index in [4.69, 9.17) is 34.8 Å². The molecular formula is C32H22Cl3FN2O5. The summed E-state index contributed by atoms with van der Waals surface area (Å²) >= 11 is 20.6. The molecule has 43 heavy (non-hydrogen) atoms. The smallest absolute Gasteiger partial charge is 0.258 e. The number of hydrogen-bond donors (Lipinski definition) is 1. The first-order valence-corrected chi connectivity index (χ1v) is 14.8. The summed E-state index contributed by atoms with van der Waals surface area (Å²) in [5.41, 5.74) is 1.25. The van der Waals surface area contributed by atoms with Gasteiger partial charge < -0.3 is 5.11 Å². The Hall–Kier alpha value is -3.72. The molecule has 1 saturated carbocycles. The van der Waals surface area contributed by atoms with Crippen LogP contribution in [0.2, 0.25) is 5.02 Å². The average Bonchev–Trinajstić information content (AvgIpc) is 3.33. The van der Waals surface area contributed by atoms with Crippen LogP contribution in [0.1, 0.15) is 24.3 Å². The van der Waals surface area contributed by atoms with Crippen molar-refractivity contribution in [2.24, 2.45) is 17.8 Å². The predicted octanol–water partition coefficient (Wildman–Crippen LogP) is 5.95. The number of aromatic hydroxyl groups is 1. The van der Waals surface area contributed by atoms with Crippen molar-refractivity contribution in [1.82, 2.24) is 0 Å². The van der Waals surface area contributed by atoms with E-state index in [1.165, 1.54) is 18.2 Å². The molecule has 7 nitrogen and oxygen atoms in total. The second-order valence-corrected chi connectivity index (χ2v) is 13.0. The topological polar surface area (TPSA) is 95.0 Å². The molecule has 3 fully saturated rings. The van der Waals surface area contributed by atoms with Gasteiger partial charge in [0.15, 0.2) is 9.75 Å². The zero-order valence-electron chi connectivity index (χ0n) is 22.2. The lowest BCUT2D eigenvalue weighted by Crippen LogP contribution is -2.60. The molecule has 3 aromatic rings. The zero-order valence-corrected chi connectivity index (χ0v) is 24.5. The van der Waals surface area contributed by atoms with Crippen LogP contribution in [0.25, 0.3) is 0 Å². The third-order valence-corrected chi connectivity index (χ3v) is 10.9. The van der Waals surface area contributed by atoms with E-state index in [2.05, 4.69) is 0 Å². The summed E-state index contributed by atoms with van der Waals surface area (Å²) in [6.45, 7) is 0. The molecular weight excluding hydrogens is 618 g/mol. The summed E-state index contributed by atoms with van der Waals surface area (Å²) < 4.78 is 13.8. The number of phenolic OH excluding ortho intramolecular Hbond substituents is 1. The van der Waals surface area contributed by atoms with Crippen molar-refractivity contribution >= 4 is 69.8 Å². The number of anilines is 2. The maximum atomic E-state index is 14.3. The number of nitrogens with zero attached hydrogens (tertiary/aromatic N) is 2. The Morgan fingerprint density at radius 1 is 0.791 bits per heavy atom. The molecule has 4 amide bonds. The van der Waals surface area contributed by atoms with Gasteiger partial charge >= 0.3 is 0 Å². The number of halogens is 4. The molecule has 2 saturated heterocycles. The van der Waals surface area contributed by atoms with Gasteiger partial charge in [-0.05, 0) is 73.4 Å². The number of para-hydroxylation sites is 1. The standard InChI is InChI=1S/C32H22Cl3FN2O5/c33-16-5-9-18(10-6-16)37-27(40)22-14-13-20-23(25(22)28(37)41)15-31(34)29(42)38(19-11-7-17(36)8-12-19)30(43)32(31,35)26(20)21-3-1-2-4-24(21)39/h1-13,22-23,25-26,39H,14-15H2/t22-,23+,25-,26+,31+,32-/m0/s1. The highest BCUT2D eigenvalue weighted by Gasteiger charge is 2.76. The first-order chi connectivity index (χ1) is 20.5. The molecule has 2 aliphatic heterocycles. The molecule has 4 aliphatic rings. The van der Waals surface area contributed by atoms with E-state index in [0.717, 1.165) is 21.9 Å². The minimum Gasteiger partial charge on any atom is -0.508 e. The van der Waals surface area contributed by atoms with Gasteiger partial charge in [-0.15, -0.1) is 23.2 Å². The molecule has 0 unspecified atom stereocenters. The zero-order chi connectivity index (χ0) is 30.4. The molecule has 1 N–H and O–H groups in total. The SMILES string of the molecule is O=C1[C@H]2[C@H](CC=C3[C@H]2C[C@@]2(Cl)C(=O)N(c4ccc(F)cc4)C(=O)[C@@]2(Cl)[C@H]3c2ccccc2O)C(=O)N1c1ccc(Cl)cc1. The lowest BCUT2D eigenvalue weighted by atomic mass is 9.56. The number of imide groups is 2. The van der Waals surface area contributed by atoms with Crippen LogP contribution in [-0.2, 0) is 19.2 Å². The molecule has 2 heterocycles. The quantitative estimate of drug-likeness (QED) is 0.217. The third kappa shape index (κ3) is 3.73. The van der Waals surface area contributed by atoms with Gasteiger partial charge in [-0.2, -0.15) is 0 Å². The first kappa shape index (κ1) is 28.1. The van der Waals surface area contributed by atoms with Crippen molar-refractivity contribution in [2.75, 3.05) is 9.80 Å². The number of carbonyl (C=O) groups excluding carboxylic acids is 4. The van der Waals surface area contributed by atoms with Gasteiger partial charge in [0.05, 0.1) is 23.2 Å². The van der Waals surface area contributed by atoms with Crippen molar-refractivity contribution < 1.29 is 28.7 Å². The molecule has 0 radical (unpaired) electrons. The van der Waals surface area contributed by atoms with Crippen molar-refractivity contribution in [3.8, 4) is 5.75 Å². The Morgan fingerprint density at radius 3 is 2.09 bits per heavy atom. The summed E-state index contributed by atoms with van der Waals surface area (Å²) in [7, 11) is 0. The fourth-order valence-corrected chi connectivity index (χ4v) is 8.37. The normalized spacial score (nSPS) is 31.6. The number of phenols is 1. The van der Waals surface area contributed by atoms with Crippen LogP contribution in [0.3, 0.4) is 0 Å². The molecule has 2 aliphatic carbocycles. The van der Waals surface area contributed by atoms with E-state index in [1.807, 2.05) is 0 Å². The molecule has 0 aromatic heterocycles. The molecule has 7 rings (SSSR count). The second kappa shape index (κ2) is 9.64. The van der Waals surface area contributed by atoms with Crippen molar-refractivity contribution in [2.45, 2.75) is 28.5 Å². The summed E-state index contributed by atoms with van der Waals surface area (Å²) in [6, 6.07) is 17.4. The maximum absolute atomic E-state index is 14.3. The number of carbonyl (C=O) groups is 4. The molecule has 218 valence electrons. The first-order valence-electron chi connectivity index (χ1n) is 13.6. The molecule has 0 bridgehead atoms. The summed E-state index contributed by atoms with van der Waals surface area (Å²) in [5, 5.41) is 11.5. The average molecular weight is 640 g/mol. The van der Waals surface area contributed by atoms with Crippen LogP contribution >= 0.6 is 34.8 Å². The van der Waals surface area contributed by atoms with E-state index in [0.29, 0.717) is 16.3 Å². The lowest BCUT2D eigenvalue weighted by molar-refractivity contribution is -0.125. The van der Waals surface area contributed by atoms with E-state index in [1.54, 1.807) is 48.5 Å². The van der Waals surface area contributed by atoms with Gasteiger partial charge in [0, 0.05) is 16.5 Å². The second-order valence-electron chi connectivity index (χ2n) is 11.3. The van der Waals surface area contributed by atoms with Crippen molar-refractivity contribution in [1.29, 1.82) is 0 Å². The number of alkyl halides is 2. The van der Waals surface area contributed by atoms with Crippen LogP contribution in [0.5, 0.6) is 5.75 Å². The molecule has 6 atom stereocenters. The van der Waals surface area contributed by atoms with Crippen LogP contribution in [0, 0.1) is 23.6 Å². The van der Waals surface area contributed by atoms with Crippen LogP contribution in [-0.4, -0.2) is 38.5 Å². The largest absolute Gasteiger partial charge is 0.508 e. The number of hydrogen-bond acceptors (Lipinski definition) is 5. The number of allylic oxidation sites excluding steroid dienone is 2. The molecule has 0 spiro atoms. The molecule has 11 heteroatoms. The molecule has 3 aromatic carbocycles. The van der Waals surface area contributed by atoms with Gasteiger partial charge in [-0.3, -0.25) is 24.1 Å². The van der Waals surface area contributed by atoms with Crippen LogP contribution in [0.4, 0.5) is 15.8 Å². The Balaban J connectivity index is 1.40. The van der Waals surface area contributed by atoms with Gasteiger partial charge in [0.25, 0.3) is 11.8 Å². The van der Waals surface area contributed by atoms with Gasteiger partial charge in [0.1, 0.15) is 11.6 Å². The highest BCUT2D eigenvalue weighted by atomic mass is 35.5. The number of amides is 4. The summed E-state index contributed by atoms with van der Waals surface area (Å²) in [4.78, 5) is 54.0. The van der Waals surface area contributed by atoms with Gasteiger partial charge in [-0.25, -0.2) is 9.29 Å². The Morgan fingerprint density at radius 2 is 1.42 bits per heavy atom. The van der Waals surface area contributed by atoms with Gasteiger partial charge in [0.2, 0.25) is 11.8 Å². The van der Waals surface area contributed by atoms with Crippen molar-refractivity contribution in [3.05, 3.63) is 101 Å². The monoisotopic (exact) mass is 638 g/mol. The van der Waals surface area contributed by atoms with Gasteiger partial charge in [-0.1, -0.05) is 41.4 Å². The lowest BCUT2D eigenvalue weighted by Gasteiger charge is -2.50. The third-order valence-electron chi connectivity index (χ3n) is 9.23.